The van der Waals surface area contributed by atoms with Crippen LogP contribution in [0.3, 0.4) is 0 Å². The molecule has 0 atom stereocenters. The molecule has 3 N–H and O–H groups in total. The van der Waals surface area contributed by atoms with E-state index >= 15 is 0 Å². The van der Waals surface area contributed by atoms with Gasteiger partial charge in [0.15, 0.2) is 0 Å². The number of aryl methyl sites for hydroxylation is 4. The molecule has 0 radical (unpaired) electrons. The highest BCUT2D eigenvalue weighted by Gasteiger charge is 2.32. The molecule has 40 heavy (non-hydrogen) atoms. The van der Waals surface area contributed by atoms with Crippen LogP contribution in [0.15, 0.2) is 108 Å². The number of hydrazone groups is 1. The van der Waals surface area contributed by atoms with Gasteiger partial charge in [-0.2, -0.15) is 10.1 Å². The Kier molecular flexibility index (Phi) is 7.46. The summed E-state index contributed by atoms with van der Waals surface area (Å²) >= 11 is 0. The first-order valence-corrected chi connectivity index (χ1v) is 13.0. The lowest BCUT2D eigenvalue weighted by Gasteiger charge is -2.13. The van der Waals surface area contributed by atoms with E-state index in [9.17, 15) is 19.8 Å². The summed E-state index contributed by atoms with van der Waals surface area (Å²) in [4.78, 5) is 25.0. The van der Waals surface area contributed by atoms with Gasteiger partial charge in [-0.1, -0.05) is 72.3 Å². The maximum Gasteiger partial charge on any atom is 0.335 e. The minimum Gasteiger partial charge on any atom is -0.505 e. The number of aromatic carboxylic acids is 1. The third-order valence-corrected chi connectivity index (χ3v) is 6.92. The smallest absolute Gasteiger partial charge is 0.335 e. The molecule has 0 unspecified atom stereocenters. The molecule has 5 rings (SSSR count). The number of carbonyl (C=O) groups is 2. The molecule has 0 spiro atoms. The summed E-state index contributed by atoms with van der Waals surface area (Å²) in [5, 5.41) is 29.3. The molecule has 1 aliphatic heterocycles. The standard InChI is InChI=1S/C33H29N3O4/c1-21-14-15-22(2)25(18-21)17-16-24-10-7-13-29(31(24)37)34-20-28-30(23-8-4-3-5-9-23)35-36(32(28)38)27-12-6-11-26(19-27)33(39)40/h3-15,18-20,34,37H,16-17H2,1-2H3,(H,39,40)/b28-20-. The maximum atomic E-state index is 13.6. The quantitative estimate of drug-likeness (QED) is 0.185. The van der Waals surface area contributed by atoms with Crippen molar-refractivity contribution in [3.63, 3.8) is 0 Å². The number of nitrogens with zero attached hydrogens (tertiary/aromatic N) is 2. The molecule has 0 aromatic heterocycles. The summed E-state index contributed by atoms with van der Waals surface area (Å²) in [6, 6.07) is 27.3. The van der Waals surface area contributed by atoms with E-state index in [4.69, 9.17) is 0 Å². The number of carboxylic acid groups (broad SMARTS) is 1. The molecule has 1 aliphatic rings. The van der Waals surface area contributed by atoms with Crippen molar-refractivity contribution in [2.45, 2.75) is 26.7 Å². The first kappa shape index (κ1) is 26.4. The zero-order valence-corrected chi connectivity index (χ0v) is 22.3. The third kappa shape index (κ3) is 5.49. The molecule has 0 fully saturated rings. The van der Waals surface area contributed by atoms with Gasteiger partial charge in [0.2, 0.25) is 0 Å². The minimum atomic E-state index is -1.09. The topological polar surface area (TPSA) is 102 Å². The van der Waals surface area contributed by atoms with Gasteiger partial charge < -0.3 is 15.5 Å². The van der Waals surface area contributed by atoms with Gasteiger partial charge in [-0.25, -0.2) is 4.79 Å². The van der Waals surface area contributed by atoms with Gasteiger partial charge in [-0.15, -0.1) is 0 Å². The summed E-state index contributed by atoms with van der Waals surface area (Å²) in [5.74, 6) is -1.38. The lowest BCUT2D eigenvalue weighted by molar-refractivity contribution is -0.114. The van der Waals surface area contributed by atoms with Crippen molar-refractivity contribution in [1.82, 2.24) is 0 Å². The van der Waals surface area contributed by atoms with Gasteiger partial charge in [0.1, 0.15) is 11.5 Å². The van der Waals surface area contributed by atoms with Crippen molar-refractivity contribution in [2.24, 2.45) is 5.10 Å². The van der Waals surface area contributed by atoms with Crippen molar-refractivity contribution in [1.29, 1.82) is 0 Å². The normalized spacial score (nSPS) is 13.9. The Morgan fingerprint density at radius 2 is 1.65 bits per heavy atom. The highest BCUT2D eigenvalue weighted by atomic mass is 16.4. The van der Waals surface area contributed by atoms with E-state index in [1.165, 1.54) is 33.8 Å². The lowest BCUT2D eigenvalue weighted by Crippen LogP contribution is -2.22. The van der Waals surface area contributed by atoms with Crippen LogP contribution in [0, 0.1) is 13.8 Å². The van der Waals surface area contributed by atoms with Gasteiger partial charge in [0, 0.05) is 11.8 Å². The number of amides is 1. The van der Waals surface area contributed by atoms with Gasteiger partial charge >= 0.3 is 5.97 Å². The second-order valence-electron chi connectivity index (χ2n) is 9.73. The molecule has 0 aliphatic carbocycles. The van der Waals surface area contributed by atoms with Crippen molar-refractivity contribution in [2.75, 3.05) is 10.3 Å². The summed E-state index contributed by atoms with van der Waals surface area (Å²) in [7, 11) is 0. The van der Waals surface area contributed by atoms with Crippen LogP contribution in [0.5, 0.6) is 5.75 Å². The van der Waals surface area contributed by atoms with E-state index in [0.29, 0.717) is 23.5 Å². The van der Waals surface area contributed by atoms with Crippen LogP contribution in [0.4, 0.5) is 11.4 Å². The molecule has 7 nitrogen and oxygen atoms in total. The SMILES string of the molecule is Cc1ccc(C)c(CCc2cccc(N/C=C3\C(=O)N(c4cccc(C(=O)O)c4)N=C3c3ccccc3)c2O)c1. The van der Waals surface area contributed by atoms with Crippen molar-refractivity contribution >= 4 is 29.0 Å². The third-order valence-electron chi connectivity index (χ3n) is 6.92. The molecule has 0 saturated carbocycles. The van der Waals surface area contributed by atoms with Gasteiger partial charge in [-0.3, -0.25) is 4.79 Å². The van der Waals surface area contributed by atoms with Crippen molar-refractivity contribution in [3.05, 3.63) is 136 Å². The van der Waals surface area contributed by atoms with E-state index in [1.54, 1.807) is 24.4 Å². The number of hydrogen-bond donors (Lipinski definition) is 3. The summed E-state index contributed by atoms with van der Waals surface area (Å²) in [5.41, 5.74) is 6.78. The zero-order chi connectivity index (χ0) is 28.2. The Labute approximate surface area is 232 Å². The predicted octanol–water partition coefficient (Wildman–Crippen LogP) is 6.24. The fourth-order valence-corrected chi connectivity index (χ4v) is 4.70. The average molecular weight is 532 g/mol. The van der Waals surface area contributed by atoms with E-state index in [2.05, 4.69) is 42.5 Å². The second kappa shape index (κ2) is 11.3. The number of aromatic hydroxyl groups is 1. The van der Waals surface area contributed by atoms with Crippen LogP contribution < -0.4 is 10.3 Å². The van der Waals surface area contributed by atoms with Crippen LogP contribution in [0.1, 0.15) is 38.2 Å². The molecule has 0 saturated heterocycles. The highest BCUT2D eigenvalue weighted by Crippen LogP contribution is 2.31. The molecular formula is C33H29N3O4. The fourth-order valence-electron chi connectivity index (χ4n) is 4.70. The minimum absolute atomic E-state index is 0.0555. The van der Waals surface area contributed by atoms with Crippen molar-refractivity contribution < 1.29 is 19.8 Å². The Bertz CT molecular complexity index is 1660. The Hall–Kier alpha value is -5.17. The molecule has 200 valence electrons. The molecule has 1 amide bonds. The number of phenolic OH excluding ortho intramolecular Hbond substituents is 1. The number of phenols is 1. The number of carboxylic acids is 1. The van der Waals surface area contributed by atoms with E-state index in [0.717, 1.165) is 17.5 Å². The molecule has 1 heterocycles. The molecule has 4 aromatic rings. The second-order valence-corrected chi connectivity index (χ2v) is 9.73. The Balaban J connectivity index is 1.43. The zero-order valence-electron chi connectivity index (χ0n) is 22.3. The first-order chi connectivity index (χ1) is 19.3. The predicted molar refractivity (Wildman–Crippen MR) is 157 cm³/mol. The summed E-state index contributed by atoms with van der Waals surface area (Å²) in [6.07, 6.45) is 2.99. The largest absolute Gasteiger partial charge is 0.505 e. The number of benzene rings is 4. The Morgan fingerprint density at radius 1 is 0.900 bits per heavy atom. The van der Waals surface area contributed by atoms with E-state index in [1.807, 2.05) is 42.5 Å². The monoisotopic (exact) mass is 531 g/mol. The van der Waals surface area contributed by atoms with Crippen LogP contribution >= 0.6 is 0 Å². The average Bonchev–Trinajstić information content (AvgIpc) is 3.29. The van der Waals surface area contributed by atoms with Gasteiger partial charge in [0.25, 0.3) is 5.91 Å². The van der Waals surface area contributed by atoms with Crippen LogP contribution in [-0.2, 0) is 17.6 Å². The fraction of sp³-hybridized carbons (Fsp3) is 0.121. The van der Waals surface area contributed by atoms with Crippen LogP contribution in [-0.4, -0.2) is 27.8 Å². The lowest BCUT2D eigenvalue weighted by atomic mass is 9.98. The number of nitrogens with one attached hydrogen (secondary N) is 1. The number of rotatable bonds is 8. The highest BCUT2D eigenvalue weighted by molar-refractivity contribution is 6.35. The van der Waals surface area contributed by atoms with Crippen LogP contribution in [0.25, 0.3) is 0 Å². The van der Waals surface area contributed by atoms with E-state index in [-0.39, 0.29) is 16.9 Å². The molecule has 4 aromatic carbocycles. The molecular weight excluding hydrogens is 502 g/mol. The molecule has 0 bridgehead atoms. The number of anilines is 2. The molecule has 7 heteroatoms. The first-order valence-electron chi connectivity index (χ1n) is 13.0. The van der Waals surface area contributed by atoms with E-state index < -0.39 is 11.9 Å². The Morgan fingerprint density at radius 3 is 2.42 bits per heavy atom. The number of hydrogen-bond acceptors (Lipinski definition) is 5. The maximum absolute atomic E-state index is 13.6. The number of carbonyl (C=O) groups excluding carboxylic acids is 1. The van der Waals surface area contributed by atoms with Crippen LogP contribution in [0.2, 0.25) is 0 Å². The van der Waals surface area contributed by atoms with Gasteiger partial charge in [0.05, 0.1) is 22.5 Å². The van der Waals surface area contributed by atoms with Gasteiger partial charge in [-0.05, 0) is 67.6 Å². The summed E-state index contributed by atoms with van der Waals surface area (Å²) < 4.78 is 0. The summed E-state index contributed by atoms with van der Waals surface area (Å²) in [6.45, 7) is 4.16. The number of para-hydroxylation sites is 1. The van der Waals surface area contributed by atoms with Crippen molar-refractivity contribution in [3.8, 4) is 5.75 Å².